The van der Waals surface area contributed by atoms with Gasteiger partial charge in [-0.25, -0.2) is 9.97 Å². The minimum absolute atomic E-state index is 0.0682. The van der Waals surface area contributed by atoms with E-state index in [1.54, 1.807) is 12.3 Å². The predicted molar refractivity (Wildman–Crippen MR) is 87.2 cm³/mol. The van der Waals surface area contributed by atoms with Gasteiger partial charge in [0.25, 0.3) is 5.91 Å². The Morgan fingerprint density at radius 2 is 2.09 bits per heavy atom. The smallest absolute Gasteiger partial charge is 0.277 e. The summed E-state index contributed by atoms with van der Waals surface area (Å²) >= 11 is 0. The average Bonchev–Trinajstić information content (AvgIpc) is 2.53. The lowest BCUT2D eigenvalue weighted by Gasteiger charge is -2.29. The van der Waals surface area contributed by atoms with Gasteiger partial charge >= 0.3 is 0 Å². The molecule has 1 N–H and O–H groups in total. The minimum atomic E-state index is -0.0682. The molecule has 1 aromatic heterocycles. The molecular weight excluding hydrogens is 276 g/mol. The molecule has 1 aliphatic rings. The highest BCUT2D eigenvalue weighted by atomic mass is 16.2. The van der Waals surface area contributed by atoms with E-state index in [4.69, 9.17) is 0 Å². The van der Waals surface area contributed by atoms with Gasteiger partial charge in [0, 0.05) is 24.5 Å². The van der Waals surface area contributed by atoms with E-state index in [1.807, 2.05) is 36.9 Å². The number of amides is 1. The van der Waals surface area contributed by atoms with E-state index in [2.05, 4.69) is 21.4 Å². The van der Waals surface area contributed by atoms with Crippen LogP contribution in [0.2, 0.25) is 0 Å². The molecule has 5 heteroatoms. The molecule has 2 aromatic rings. The predicted octanol–water partition coefficient (Wildman–Crippen LogP) is 2.89. The van der Waals surface area contributed by atoms with Crippen LogP contribution in [0.5, 0.6) is 0 Å². The summed E-state index contributed by atoms with van der Waals surface area (Å²) in [6, 6.07) is 9.96. The van der Waals surface area contributed by atoms with Gasteiger partial charge in [0.1, 0.15) is 5.69 Å². The second kappa shape index (κ2) is 6.13. The molecule has 0 spiro atoms. The van der Waals surface area contributed by atoms with Crippen molar-refractivity contribution in [2.45, 2.75) is 32.7 Å². The zero-order valence-corrected chi connectivity index (χ0v) is 12.9. The first-order chi connectivity index (χ1) is 10.6. The Balaban J connectivity index is 1.89. The third-order valence-corrected chi connectivity index (χ3v) is 3.65. The van der Waals surface area contributed by atoms with Crippen molar-refractivity contribution >= 4 is 17.5 Å². The molecule has 0 saturated carbocycles. The molecule has 5 nitrogen and oxygen atoms in total. The fourth-order valence-corrected chi connectivity index (χ4v) is 2.69. The van der Waals surface area contributed by atoms with Crippen molar-refractivity contribution < 1.29 is 4.79 Å². The first kappa shape index (κ1) is 14.5. The number of carbonyl (C=O) groups is 1. The highest BCUT2D eigenvalue weighted by Gasteiger charge is 2.24. The molecular formula is C17H20N4O. The van der Waals surface area contributed by atoms with Crippen molar-refractivity contribution in [3.05, 3.63) is 47.8 Å². The molecule has 0 unspecified atom stereocenters. The molecule has 0 saturated heterocycles. The number of rotatable bonds is 3. The number of hydrogen-bond acceptors (Lipinski definition) is 4. The lowest BCUT2D eigenvalue weighted by Crippen LogP contribution is -2.36. The van der Waals surface area contributed by atoms with Gasteiger partial charge in [-0.05, 0) is 44.4 Å². The summed E-state index contributed by atoms with van der Waals surface area (Å²) in [5, 5.41) is 3.13. The van der Waals surface area contributed by atoms with Crippen molar-refractivity contribution in [1.29, 1.82) is 0 Å². The summed E-state index contributed by atoms with van der Waals surface area (Å²) in [5.74, 6) is 0.424. The van der Waals surface area contributed by atoms with Crippen LogP contribution in [0.25, 0.3) is 0 Å². The minimum Gasteiger partial charge on any atom is -0.352 e. The molecule has 1 amide bonds. The van der Waals surface area contributed by atoms with Crippen LogP contribution < -0.4 is 10.2 Å². The van der Waals surface area contributed by atoms with E-state index < -0.39 is 0 Å². The quantitative estimate of drug-likeness (QED) is 0.946. The van der Waals surface area contributed by atoms with Crippen LogP contribution in [0, 0.1) is 0 Å². The number of hydrogen-bond donors (Lipinski definition) is 1. The largest absolute Gasteiger partial charge is 0.352 e. The summed E-state index contributed by atoms with van der Waals surface area (Å²) in [4.78, 5) is 23.1. The molecule has 3 rings (SSSR count). The zero-order valence-electron chi connectivity index (χ0n) is 12.9. The maximum absolute atomic E-state index is 12.8. The first-order valence-corrected chi connectivity index (χ1v) is 7.64. The Morgan fingerprint density at radius 1 is 1.27 bits per heavy atom. The second-order valence-corrected chi connectivity index (χ2v) is 5.75. The fraction of sp³-hybridized carbons (Fsp3) is 0.353. The maximum atomic E-state index is 12.8. The van der Waals surface area contributed by atoms with E-state index in [1.165, 1.54) is 5.56 Å². The molecule has 0 fully saturated rings. The number of aromatic nitrogens is 2. The molecule has 0 aliphatic carbocycles. The Kier molecular flexibility index (Phi) is 4.04. The van der Waals surface area contributed by atoms with Crippen molar-refractivity contribution in [2.75, 3.05) is 16.8 Å². The number of nitrogens with one attached hydrogen (secondary N) is 1. The summed E-state index contributed by atoms with van der Waals surface area (Å²) < 4.78 is 0. The molecule has 22 heavy (non-hydrogen) atoms. The fourth-order valence-electron chi connectivity index (χ4n) is 2.69. The van der Waals surface area contributed by atoms with E-state index in [-0.39, 0.29) is 11.9 Å². The summed E-state index contributed by atoms with van der Waals surface area (Å²) in [6.07, 6.45) is 3.62. The normalized spacial score (nSPS) is 13.9. The van der Waals surface area contributed by atoms with Gasteiger partial charge in [0.05, 0.1) is 0 Å². The van der Waals surface area contributed by atoms with Crippen molar-refractivity contribution in [2.24, 2.45) is 0 Å². The number of para-hydroxylation sites is 1. The maximum Gasteiger partial charge on any atom is 0.277 e. The van der Waals surface area contributed by atoms with Crippen LogP contribution in [0.1, 0.15) is 36.3 Å². The van der Waals surface area contributed by atoms with Gasteiger partial charge in [0.2, 0.25) is 5.95 Å². The standard InChI is InChI=1S/C17H20N4O/c1-12(2)19-17-18-10-9-14(20-17)16(22)21-11-5-7-13-6-3-4-8-15(13)21/h3-4,6,8-10,12H,5,7,11H2,1-2H3,(H,18,19,20). The van der Waals surface area contributed by atoms with E-state index in [0.29, 0.717) is 11.6 Å². The van der Waals surface area contributed by atoms with Crippen molar-refractivity contribution in [1.82, 2.24) is 9.97 Å². The monoisotopic (exact) mass is 296 g/mol. The number of benzene rings is 1. The Bertz CT molecular complexity index is 684. The van der Waals surface area contributed by atoms with Gasteiger partial charge in [-0.15, -0.1) is 0 Å². The van der Waals surface area contributed by atoms with E-state index in [0.717, 1.165) is 25.1 Å². The molecule has 114 valence electrons. The van der Waals surface area contributed by atoms with Crippen LogP contribution in [0.15, 0.2) is 36.5 Å². The number of anilines is 2. The third kappa shape index (κ3) is 2.93. The molecule has 0 bridgehead atoms. The number of nitrogens with zero attached hydrogens (tertiary/aromatic N) is 3. The lowest BCUT2D eigenvalue weighted by molar-refractivity contribution is 0.0980. The van der Waals surface area contributed by atoms with Crippen LogP contribution in [0.4, 0.5) is 11.6 Å². The van der Waals surface area contributed by atoms with E-state index >= 15 is 0 Å². The molecule has 1 aromatic carbocycles. The van der Waals surface area contributed by atoms with Crippen LogP contribution in [-0.2, 0) is 6.42 Å². The SMILES string of the molecule is CC(C)Nc1nccc(C(=O)N2CCCc3ccccc32)n1. The summed E-state index contributed by atoms with van der Waals surface area (Å²) in [6.45, 7) is 4.75. The highest BCUT2D eigenvalue weighted by Crippen LogP contribution is 2.27. The first-order valence-electron chi connectivity index (χ1n) is 7.64. The van der Waals surface area contributed by atoms with Gasteiger partial charge in [-0.3, -0.25) is 4.79 Å². The van der Waals surface area contributed by atoms with Crippen LogP contribution in [-0.4, -0.2) is 28.5 Å². The molecule has 0 radical (unpaired) electrons. The van der Waals surface area contributed by atoms with Gasteiger partial charge in [-0.2, -0.15) is 0 Å². The Morgan fingerprint density at radius 3 is 2.91 bits per heavy atom. The van der Waals surface area contributed by atoms with Gasteiger partial charge < -0.3 is 10.2 Å². The Hall–Kier alpha value is -2.43. The van der Waals surface area contributed by atoms with Crippen LogP contribution >= 0.6 is 0 Å². The zero-order chi connectivity index (χ0) is 15.5. The average molecular weight is 296 g/mol. The molecule has 0 atom stereocenters. The van der Waals surface area contributed by atoms with Crippen LogP contribution in [0.3, 0.4) is 0 Å². The van der Waals surface area contributed by atoms with E-state index in [9.17, 15) is 4.79 Å². The highest BCUT2D eigenvalue weighted by molar-refractivity contribution is 6.05. The third-order valence-electron chi connectivity index (χ3n) is 3.65. The molecule has 2 heterocycles. The number of aryl methyl sites for hydroxylation is 1. The summed E-state index contributed by atoms with van der Waals surface area (Å²) in [5.41, 5.74) is 2.64. The Labute approximate surface area is 130 Å². The van der Waals surface area contributed by atoms with Gasteiger partial charge in [-0.1, -0.05) is 18.2 Å². The number of fused-ring (bicyclic) bond motifs is 1. The lowest BCUT2D eigenvalue weighted by atomic mass is 10.0. The molecule has 1 aliphatic heterocycles. The van der Waals surface area contributed by atoms with Gasteiger partial charge in [0.15, 0.2) is 0 Å². The van der Waals surface area contributed by atoms with Crippen molar-refractivity contribution in [3.63, 3.8) is 0 Å². The van der Waals surface area contributed by atoms with Crippen molar-refractivity contribution in [3.8, 4) is 0 Å². The topological polar surface area (TPSA) is 58.1 Å². The second-order valence-electron chi connectivity index (χ2n) is 5.75. The summed E-state index contributed by atoms with van der Waals surface area (Å²) in [7, 11) is 0. The number of carbonyl (C=O) groups excluding carboxylic acids is 1.